The van der Waals surface area contributed by atoms with E-state index in [0.717, 1.165) is 16.9 Å². The number of aromatic nitrogens is 1. The summed E-state index contributed by atoms with van der Waals surface area (Å²) in [5.74, 6) is 0. The average molecular weight is 340 g/mol. The summed E-state index contributed by atoms with van der Waals surface area (Å²) in [4.78, 5) is 20.9. The third kappa shape index (κ3) is 4.72. The average Bonchev–Trinajstić information content (AvgIpc) is 2.62. The van der Waals surface area contributed by atoms with Crippen LogP contribution in [0.2, 0.25) is 0 Å². The first kappa shape index (κ1) is 18.8. The Bertz CT molecular complexity index is 687. The van der Waals surface area contributed by atoms with Gasteiger partial charge in [-0.1, -0.05) is 12.1 Å². The lowest BCUT2D eigenvalue weighted by Crippen LogP contribution is -2.37. The lowest BCUT2D eigenvalue weighted by molar-refractivity contribution is 0.197. The van der Waals surface area contributed by atoms with Crippen molar-refractivity contribution in [1.82, 2.24) is 9.88 Å². The van der Waals surface area contributed by atoms with Crippen molar-refractivity contribution in [2.45, 2.75) is 39.8 Å². The molecule has 0 aliphatic carbocycles. The van der Waals surface area contributed by atoms with Gasteiger partial charge in [0.05, 0.1) is 6.04 Å². The molecule has 0 aliphatic heterocycles. The molecule has 5 nitrogen and oxygen atoms in total. The highest BCUT2D eigenvalue weighted by molar-refractivity contribution is 5.90. The van der Waals surface area contributed by atoms with Gasteiger partial charge in [-0.05, 0) is 57.5 Å². The molecule has 1 aromatic carbocycles. The Morgan fingerprint density at radius 2 is 1.96 bits per heavy atom. The molecular formula is C20H28N4O. The van der Waals surface area contributed by atoms with Gasteiger partial charge in [-0.15, -0.1) is 0 Å². The summed E-state index contributed by atoms with van der Waals surface area (Å²) >= 11 is 0. The van der Waals surface area contributed by atoms with E-state index in [1.165, 1.54) is 0 Å². The molecule has 134 valence electrons. The van der Waals surface area contributed by atoms with E-state index in [1.54, 1.807) is 17.3 Å². The van der Waals surface area contributed by atoms with E-state index in [-0.39, 0.29) is 12.1 Å². The first-order chi connectivity index (χ1) is 11.9. The Labute approximate surface area is 150 Å². The van der Waals surface area contributed by atoms with Gasteiger partial charge < -0.3 is 15.1 Å². The fraction of sp³-hybridized carbons (Fsp3) is 0.400. The predicted molar refractivity (Wildman–Crippen MR) is 104 cm³/mol. The topological polar surface area (TPSA) is 48.5 Å². The van der Waals surface area contributed by atoms with Crippen LogP contribution in [0, 0.1) is 0 Å². The van der Waals surface area contributed by atoms with Crippen molar-refractivity contribution in [3.05, 3.63) is 54.4 Å². The molecule has 1 N–H and O–H groups in total. The zero-order chi connectivity index (χ0) is 18.4. The van der Waals surface area contributed by atoms with Gasteiger partial charge in [0.1, 0.15) is 0 Å². The van der Waals surface area contributed by atoms with Crippen molar-refractivity contribution in [3.8, 4) is 0 Å². The van der Waals surface area contributed by atoms with Crippen LogP contribution in [0.4, 0.5) is 16.2 Å². The number of amides is 2. The third-order valence-electron chi connectivity index (χ3n) is 4.52. The second-order valence-corrected chi connectivity index (χ2v) is 6.43. The van der Waals surface area contributed by atoms with Crippen molar-refractivity contribution < 1.29 is 4.79 Å². The van der Waals surface area contributed by atoms with Crippen LogP contribution in [-0.4, -0.2) is 35.5 Å². The largest absolute Gasteiger partial charge is 0.372 e. The van der Waals surface area contributed by atoms with Crippen LogP contribution < -0.4 is 10.2 Å². The summed E-state index contributed by atoms with van der Waals surface area (Å²) in [7, 11) is 2.05. The Kier molecular flexibility index (Phi) is 6.39. The molecule has 0 saturated carbocycles. The summed E-state index contributed by atoms with van der Waals surface area (Å²) in [6.45, 7) is 8.89. The van der Waals surface area contributed by atoms with Crippen molar-refractivity contribution in [2.75, 3.05) is 23.8 Å². The molecule has 0 saturated heterocycles. The Hall–Kier alpha value is -2.56. The van der Waals surface area contributed by atoms with Crippen LogP contribution in [0.1, 0.15) is 39.3 Å². The Morgan fingerprint density at radius 1 is 1.20 bits per heavy atom. The maximum absolute atomic E-state index is 12.8. The monoisotopic (exact) mass is 340 g/mol. The number of nitrogens with zero attached hydrogens (tertiary/aromatic N) is 3. The van der Waals surface area contributed by atoms with Gasteiger partial charge in [0.15, 0.2) is 0 Å². The van der Waals surface area contributed by atoms with Gasteiger partial charge in [0.25, 0.3) is 0 Å². The number of nitrogens with one attached hydrogen (secondary N) is 1. The normalized spacial score (nSPS) is 11.9. The molecule has 0 aliphatic rings. The number of rotatable bonds is 6. The van der Waals surface area contributed by atoms with E-state index < -0.39 is 0 Å². The van der Waals surface area contributed by atoms with Crippen LogP contribution in [0.15, 0.2) is 48.8 Å². The molecule has 0 fully saturated rings. The van der Waals surface area contributed by atoms with E-state index in [4.69, 9.17) is 0 Å². The molecule has 1 heterocycles. The fourth-order valence-corrected chi connectivity index (χ4v) is 2.69. The molecular weight excluding hydrogens is 312 g/mol. The molecule has 0 radical (unpaired) electrons. The summed E-state index contributed by atoms with van der Waals surface area (Å²) in [5.41, 5.74) is 2.90. The van der Waals surface area contributed by atoms with Crippen molar-refractivity contribution >= 4 is 17.4 Å². The van der Waals surface area contributed by atoms with Crippen LogP contribution in [0.5, 0.6) is 0 Å². The van der Waals surface area contributed by atoms with E-state index >= 15 is 0 Å². The minimum absolute atomic E-state index is 0.0415. The second kappa shape index (κ2) is 8.51. The number of benzene rings is 1. The van der Waals surface area contributed by atoms with Gasteiger partial charge in [-0.25, -0.2) is 4.79 Å². The third-order valence-corrected chi connectivity index (χ3v) is 4.52. The van der Waals surface area contributed by atoms with Crippen LogP contribution in [0.25, 0.3) is 0 Å². The number of carbonyl (C=O) groups is 1. The lowest BCUT2D eigenvalue weighted by Gasteiger charge is -2.29. The fourth-order valence-electron chi connectivity index (χ4n) is 2.69. The van der Waals surface area contributed by atoms with Gasteiger partial charge in [0.2, 0.25) is 0 Å². The lowest BCUT2D eigenvalue weighted by atomic mass is 10.1. The van der Waals surface area contributed by atoms with Gasteiger partial charge in [0, 0.05) is 43.4 Å². The van der Waals surface area contributed by atoms with E-state index in [9.17, 15) is 4.79 Å². The Morgan fingerprint density at radius 3 is 2.56 bits per heavy atom. The SMILES string of the molecule is CCN(C(=O)Nc1cccc(N(C)C(C)C)c1)C(C)c1cccnc1. The molecule has 1 atom stereocenters. The number of anilines is 2. The maximum atomic E-state index is 12.8. The Balaban J connectivity index is 2.13. The molecule has 2 rings (SSSR count). The first-order valence-corrected chi connectivity index (χ1v) is 8.74. The van der Waals surface area contributed by atoms with Gasteiger partial charge in [-0.3, -0.25) is 4.98 Å². The van der Waals surface area contributed by atoms with Crippen molar-refractivity contribution in [3.63, 3.8) is 0 Å². The van der Waals surface area contributed by atoms with Crippen LogP contribution in [0.3, 0.4) is 0 Å². The van der Waals surface area contributed by atoms with Gasteiger partial charge in [-0.2, -0.15) is 0 Å². The first-order valence-electron chi connectivity index (χ1n) is 8.74. The zero-order valence-corrected chi connectivity index (χ0v) is 15.7. The van der Waals surface area contributed by atoms with Crippen molar-refractivity contribution in [2.24, 2.45) is 0 Å². The highest BCUT2D eigenvalue weighted by Crippen LogP contribution is 2.23. The highest BCUT2D eigenvalue weighted by atomic mass is 16.2. The zero-order valence-electron chi connectivity index (χ0n) is 15.7. The molecule has 1 aromatic heterocycles. The van der Waals surface area contributed by atoms with E-state index in [1.807, 2.05) is 50.2 Å². The quantitative estimate of drug-likeness (QED) is 0.840. The number of urea groups is 1. The molecule has 2 amide bonds. The van der Waals surface area contributed by atoms with Crippen LogP contribution >= 0.6 is 0 Å². The maximum Gasteiger partial charge on any atom is 0.322 e. The summed E-state index contributed by atoms with van der Waals surface area (Å²) < 4.78 is 0. The number of carbonyl (C=O) groups excluding carboxylic acids is 1. The second-order valence-electron chi connectivity index (χ2n) is 6.43. The number of hydrogen-bond acceptors (Lipinski definition) is 3. The molecule has 0 bridgehead atoms. The minimum Gasteiger partial charge on any atom is -0.372 e. The van der Waals surface area contributed by atoms with Crippen molar-refractivity contribution in [1.29, 1.82) is 0 Å². The van der Waals surface area contributed by atoms with Crippen LogP contribution in [-0.2, 0) is 0 Å². The smallest absolute Gasteiger partial charge is 0.322 e. The summed E-state index contributed by atoms with van der Waals surface area (Å²) in [6, 6.07) is 12.1. The standard InChI is InChI=1S/C20H28N4O/c1-6-24(16(4)17-9-8-12-21-14-17)20(25)22-18-10-7-11-19(13-18)23(5)15(2)3/h7-16H,6H2,1-5H3,(H,22,25). The van der Waals surface area contributed by atoms with Gasteiger partial charge >= 0.3 is 6.03 Å². The summed E-state index contributed by atoms with van der Waals surface area (Å²) in [5, 5.41) is 3.02. The molecule has 2 aromatic rings. The molecule has 25 heavy (non-hydrogen) atoms. The predicted octanol–water partition coefficient (Wildman–Crippen LogP) is 4.54. The van der Waals surface area contributed by atoms with E-state index in [0.29, 0.717) is 12.6 Å². The molecule has 0 spiro atoms. The van der Waals surface area contributed by atoms with E-state index in [2.05, 4.69) is 36.1 Å². The highest BCUT2D eigenvalue weighted by Gasteiger charge is 2.20. The number of pyridine rings is 1. The molecule has 1 unspecified atom stereocenters. The minimum atomic E-state index is -0.108. The number of hydrogen-bond donors (Lipinski definition) is 1. The molecule has 5 heteroatoms. The summed E-state index contributed by atoms with van der Waals surface area (Å²) in [6.07, 6.45) is 3.54.